The van der Waals surface area contributed by atoms with E-state index in [2.05, 4.69) is 10.6 Å². The molecule has 26 heavy (non-hydrogen) atoms. The van der Waals surface area contributed by atoms with E-state index < -0.39 is 5.54 Å². The topological polar surface area (TPSA) is 84.2 Å². The zero-order chi connectivity index (χ0) is 19.2. The summed E-state index contributed by atoms with van der Waals surface area (Å²) in [5.41, 5.74) is 8.28. The summed E-state index contributed by atoms with van der Waals surface area (Å²) in [7, 11) is 0. The van der Waals surface area contributed by atoms with Crippen molar-refractivity contribution in [2.75, 3.05) is 11.9 Å². The van der Waals surface area contributed by atoms with Gasteiger partial charge in [-0.2, -0.15) is 0 Å². The summed E-state index contributed by atoms with van der Waals surface area (Å²) >= 11 is 0. The van der Waals surface area contributed by atoms with Crippen molar-refractivity contribution in [1.29, 1.82) is 0 Å². The van der Waals surface area contributed by atoms with Crippen molar-refractivity contribution in [3.05, 3.63) is 65.2 Å². The molecular weight excluding hydrogens is 326 g/mol. The van der Waals surface area contributed by atoms with E-state index in [1.807, 2.05) is 39.0 Å². The highest BCUT2D eigenvalue weighted by Crippen LogP contribution is 2.17. The molecular formula is C21H27N3O2. The first-order chi connectivity index (χ1) is 12.4. The van der Waals surface area contributed by atoms with Gasteiger partial charge >= 0.3 is 0 Å². The fourth-order valence-electron chi connectivity index (χ4n) is 2.62. The number of hydrogen-bond acceptors (Lipinski definition) is 3. The maximum Gasteiger partial charge on any atom is 0.255 e. The second-order valence-corrected chi connectivity index (χ2v) is 6.62. The van der Waals surface area contributed by atoms with Crippen LogP contribution >= 0.6 is 0 Å². The molecule has 0 spiro atoms. The van der Waals surface area contributed by atoms with Crippen molar-refractivity contribution in [2.45, 2.75) is 39.2 Å². The van der Waals surface area contributed by atoms with E-state index in [-0.39, 0.29) is 11.8 Å². The zero-order valence-electron chi connectivity index (χ0n) is 15.6. The lowest BCUT2D eigenvalue weighted by atomic mass is 9.94. The first-order valence-corrected chi connectivity index (χ1v) is 8.92. The molecule has 5 nitrogen and oxygen atoms in total. The molecule has 0 aromatic heterocycles. The second-order valence-electron chi connectivity index (χ2n) is 6.62. The molecule has 0 saturated heterocycles. The van der Waals surface area contributed by atoms with E-state index in [1.165, 1.54) is 0 Å². The molecule has 0 atom stereocenters. The van der Waals surface area contributed by atoms with Crippen LogP contribution in [0.3, 0.4) is 0 Å². The van der Waals surface area contributed by atoms with Crippen molar-refractivity contribution in [3.8, 4) is 0 Å². The monoisotopic (exact) mass is 353 g/mol. The highest BCUT2D eigenvalue weighted by atomic mass is 16.2. The molecule has 2 aromatic rings. The van der Waals surface area contributed by atoms with Crippen LogP contribution in [0.1, 0.15) is 53.0 Å². The summed E-state index contributed by atoms with van der Waals surface area (Å²) in [5.74, 6) is -0.494. The quantitative estimate of drug-likeness (QED) is 0.712. The van der Waals surface area contributed by atoms with E-state index in [0.717, 1.165) is 18.4 Å². The number of rotatable bonds is 7. The Morgan fingerprint density at radius 3 is 2.35 bits per heavy atom. The molecule has 5 heteroatoms. The van der Waals surface area contributed by atoms with Crippen molar-refractivity contribution in [2.24, 2.45) is 5.73 Å². The smallest absolute Gasteiger partial charge is 0.255 e. The molecule has 2 rings (SSSR count). The van der Waals surface area contributed by atoms with Crippen molar-refractivity contribution in [1.82, 2.24) is 5.32 Å². The number of carbonyl (C=O) groups is 2. The van der Waals surface area contributed by atoms with Gasteiger partial charge in [0, 0.05) is 17.6 Å². The normalized spacial score (nSPS) is 11.1. The summed E-state index contributed by atoms with van der Waals surface area (Å²) in [5, 5.41) is 5.72. The summed E-state index contributed by atoms with van der Waals surface area (Å²) in [6.45, 7) is 6.33. The molecule has 0 unspecified atom stereocenters. The van der Waals surface area contributed by atoms with E-state index in [0.29, 0.717) is 23.4 Å². The van der Waals surface area contributed by atoms with Crippen molar-refractivity contribution >= 4 is 17.5 Å². The number of anilines is 1. The fraction of sp³-hybridized carbons (Fsp3) is 0.333. The van der Waals surface area contributed by atoms with Crippen LogP contribution < -0.4 is 16.4 Å². The summed E-state index contributed by atoms with van der Waals surface area (Å²) < 4.78 is 0. The second kappa shape index (κ2) is 8.63. The first kappa shape index (κ1) is 19.7. The lowest BCUT2D eigenvalue weighted by Gasteiger charge is -2.27. The Balaban J connectivity index is 2.14. The number of para-hydroxylation sites is 1. The maximum atomic E-state index is 12.6. The summed E-state index contributed by atoms with van der Waals surface area (Å²) in [6.07, 6.45) is 1.55. The predicted octanol–water partition coefficient (Wildman–Crippen LogP) is 3.49. The lowest BCUT2D eigenvalue weighted by molar-refractivity contribution is 0.0943. The number of nitrogens with two attached hydrogens (primary N) is 1. The van der Waals surface area contributed by atoms with Crippen LogP contribution in [0.5, 0.6) is 0 Å². The highest BCUT2D eigenvalue weighted by molar-refractivity contribution is 6.09. The standard InChI is InChI=1S/C21H27N3O2/c1-4-21(22,5-2)14-23-20(26)17-11-6-7-12-18(17)24-19(25)16-10-8-9-15(3)13-16/h6-13H,4-5,14,22H2,1-3H3,(H,23,26)(H,24,25). The van der Waals surface area contributed by atoms with Gasteiger partial charge in [-0.1, -0.05) is 43.7 Å². The molecule has 0 aliphatic rings. The third kappa shape index (κ3) is 4.92. The highest BCUT2D eigenvalue weighted by Gasteiger charge is 2.22. The van der Waals surface area contributed by atoms with Gasteiger partial charge in [0.05, 0.1) is 11.3 Å². The molecule has 4 N–H and O–H groups in total. The summed E-state index contributed by atoms with van der Waals surface area (Å²) in [6, 6.07) is 14.3. The molecule has 2 aromatic carbocycles. The van der Waals surface area contributed by atoms with Gasteiger partial charge in [-0.25, -0.2) is 0 Å². The van der Waals surface area contributed by atoms with Gasteiger partial charge in [0.25, 0.3) is 11.8 Å². The minimum atomic E-state index is -0.421. The molecule has 0 heterocycles. The van der Waals surface area contributed by atoms with Gasteiger partial charge in [-0.05, 0) is 44.0 Å². The Morgan fingerprint density at radius 1 is 1.00 bits per heavy atom. The molecule has 0 fully saturated rings. The molecule has 0 radical (unpaired) electrons. The average Bonchev–Trinajstić information content (AvgIpc) is 2.66. The van der Waals surface area contributed by atoms with Crippen molar-refractivity contribution < 1.29 is 9.59 Å². The van der Waals surface area contributed by atoms with Crippen molar-refractivity contribution in [3.63, 3.8) is 0 Å². The fourth-order valence-corrected chi connectivity index (χ4v) is 2.62. The van der Waals surface area contributed by atoms with Gasteiger partial charge in [0.2, 0.25) is 0 Å². The zero-order valence-corrected chi connectivity index (χ0v) is 15.6. The van der Waals surface area contributed by atoms with E-state index in [9.17, 15) is 9.59 Å². The van der Waals surface area contributed by atoms with Gasteiger partial charge in [0.1, 0.15) is 0 Å². The van der Waals surface area contributed by atoms with E-state index in [4.69, 9.17) is 5.73 Å². The molecule has 0 saturated carbocycles. The number of carbonyl (C=O) groups excluding carboxylic acids is 2. The molecule has 2 amide bonds. The Kier molecular flexibility index (Phi) is 6.52. The van der Waals surface area contributed by atoms with Crippen LogP contribution in [0, 0.1) is 6.92 Å². The Labute approximate surface area is 155 Å². The van der Waals surface area contributed by atoms with Crippen LogP contribution in [-0.4, -0.2) is 23.9 Å². The number of nitrogens with one attached hydrogen (secondary N) is 2. The van der Waals surface area contributed by atoms with Gasteiger partial charge in [-0.15, -0.1) is 0 Å². The van der Waals surface area contributed by atoms with Crippen LogP contribution in [0.15, 0.2) is 48.5 Å². The van der Waals surface area contributed by atoms with Gasteiger partial charge in [0.15, 0.2) is 0 Å². The predicted molar refractivity (Wildman–Crippen MR) is 105 cm³/mol. The van der Waals surface area contributed by atoms with Gasteiger partial charge < -0.3 is 16.4 Å². The van der Waals surface area contributed by atoms with Crippen LogP contribution in [0.4, 0.5) is 5.69 Å². The number of amides is 2. The Hall–Kier alpha value is -2.66. The SMILES string of the molecule is CCC(N)(CC)CNC(=O)c1ccccc1NC(=O)c1cccc(C)c1. The van der Waals surface area contributed by atoms with Crippen LogP contribution in [-0.2, 0) is 0 Å². The molecule has 0 aliphatic carbocycles. The third-order valence-corrected chi connectivity index (χ3v) is 4.71. The Morgan fingerprint density at radius 2 is 1.69 bits per heavy atom. The average molecular weight is 353 g/mol. The van der Waals surface area contributed by atoms with E-state index >= 15 is 0 Å². The number of aryl methyl sites for hydroxylation is 1. The summed E-state index contributed by atoms with van der Waals surface area (Å²) in [4.78, 5) is 25.1. The third-order valence-electron chi connectivity index (χ3n) is 4.71. The van der Waals surface area contributed by atoms with Crippen LogP contribution in [0.2, 0.25) is 0 Å². The largest absolute Gasteiger partial charge is 0.350 e. The van der Waals surface area contributed by atoms with E-state index in [1.54, 1.807) is 30.3 Å². The Bertz CT molecular complexity index is 782. The van der Waals surface area contributed by atoms with Gasteiger partial charge in [-0.3, -0.25) is 9.59 Å². The lowest BCUT2D eigenvalue weighted by Crippen LogP contribution is -2.49. The molecule has 0 bridgehead atoms. The number of benzene rings is 2. The molecule has 0 aliphatic heterocycles. The number of hydrogen-bond donors (Lipinski definition) is 3. The first-order valence-electron chi connectivity index (χ1n) is 8.92. The maximum absolute atomic E-state index is 12.6. The van der Waals surface area contributed by atoms with Crippen LogP contribution in [0.25, 0.3) is 0 Å². The minimum Gasteiger partial charge on any atom is -0.350 e. The minimum absolute atomic E-state index is 0.246. The molecule has 138 valence electrons.